The van der Waals surface area contributed by atoms with Crippen LogP contribution in [0.25, 0.3) is 0 Å². The van der Waals surface area contributed by atoms with Crippen molar-refractivity contribution in [3.8, 4) is 0 Å². The van der Waals surface area contributed by atoms with Crippen LogP contribution >= 0.6 is 0 Å². The maximum absolute atomic E-state index is 9.81. The van der Waals surface area contributed by atoms with Crippen LogP contribution in [0.5, 0.6) is 0 Å². The quantitative estimate of drug-likeness (QED) is 0.804. The molecule has 1 aliphatic rings. The van der Waals surface area contributed by atoms with Crippen LogP contribution in [0.1, 0.15) is 18.9 Å². The molecule has 1 fully saturated rings. The van der Waals surface area contributed by atoms with E-state index in [0.717, 1.165) is 32.5 Å². The summed E-state index contributed by atoms with van der Waals surface area (Å²) in [6.45, 7) is 4.76. The summed E-state index contributed by atoms with van der Waals surface area (Å²) in [4.78, 5) is 6.31. The molecule has 0 amide bonds. The topological polar surface area (TPSA) is 36.4 Å². The highest BCUT2D eigenvalue weighted by atomic mass is 16.3. The van der Waals surface area contributed by atoms with Gasteiger partial charge in [-0.2, -0.15) is 0 Å². The molecule has 2 heterocycles. The third-order valence-corrected chi connectivity index (χ3v) is 3.00. The first-order valence-electron chi connectivity index (χ1n) is 5.49. The number of pyridine rings is 1. The molecule has 1 atom stereocenters. The van der Waals surface area contributed by atoms with E-state index in [2.05, 4.69) is 9.88 Å². The number of likely N-dealkylation sites (tertiary alicyclic amines) is 1. The SMILES string of the molecule is CC1(O)CCN(CCc2ccncc2)C1. The highest BCUT2D eigenvalue weighted by Crippen LogP contribution is 2.20. The Morgan fingerprint density at radius 2 is 2.20 bits per heavy atom. The van der Waals surface area contributed by atoms with Gasteiger partial charge in [0.15, 0.2) is 0 Å². The van der Waals surface area contributed by atoms with Gasteiger partial charge in [0.05, 0.1) is 5.60 Å². The lowest BCUT2D eigenvalue weighted by molar-refractivity contribution is 0.0689. The fourth-order valence-electron chi connectivity index (χ4n) is 2.07. The van der Waals surface area contributed by atoms with Crippen molar-refractivity contribution >= 4 is 0 Å². The van der Waals surface area contributed by atoms with Crippen LogP contribution in [-0.4, -0.2) is 40.2 Å². The molecule has 1 N–H and O–H groups in total. The Balaban J connectivity index is 1.80. The van der Waals surface area contributed by atoms with E-state index in [1.807, 2.05) is 31.5 Å². The lowest BCUT2D eigenvalue weighted by Gasteiger charge is -2.18. The Labute approximate surface area is 90.8 Å². The molecule has 1 unspecified atom stereocenters. The van der Waals surface area contributed by atoms with Crippen molar-refractivity contribution < 1.29 is 5.11 Å². The molecule has 2 rings (SSSR count). The van der Waals surface area contributed by atoms with Gasteiger partial charge in [0.1, 0.15) is 0 Å². The summed E-state index contributed by atoms with van der Waals surface area (Å²) >= 11 is 0. The standard InChI is InChI=1S/C12H18N2O/c1-12(15)5-9-14(10-12)8-4-11-2-6-13-7-3-11/h2-3,6-7,15H,4-5,8-10H2,1H3. The maximum atomic E-state index is 9.81. The van der Waals surface area contributed by atoms with Crippen LogP contribution in [0.4, 0.5) is 0 Å². The van der Waals surface area contributed by atoms with Crippen LogP contribution in [0.2, 0.25) is 0 Å². The van der Waals surface area contributed by atoms with Crippen molar-refractivity contribution in [2.45, 2.75) is 25.4 Å². The van der Waals surface area contributed by atoms with E-state index in [1.165, 1.54) is 5.56 Å². The third-order valence-electron chi connectivity index (χ3n) is 3.00. The summed E-state index contributed by atoms with van der Waals surface area (Å²) in [5.41, 5.74) is 0.842. The first-order valence-corrected chi connectivity index (χ1v) is 5.49. The number of β-amino-alcohol motifs (C(OH)–C–C–N with tert-alkyl or cyclic N) is 1. The average molecular weight is 206 g/mol. The zero-order valence-corrected chi connectivity index (χ0v) is 9.19. The summed E-state index contributed by atoms with van der Waals surface area (Å²) in [5, 5.41) is 9.81. The molecule has 1 aliphatic heterocycles. The fourth-order valence-corrected chi connectivity index (χ4v) is 2.07. The monoisotopic (exact) mass is 206 g/mol. The zero-order chi connectivity index (χ0) is 10.7. The summed E-state index contributed by atoms with van der Waals surface area (Å²) < 4.78 is 0. The van der Waals surface area contributed by atoms with Crippen molar-refractivity contribution in [2.75, 3.05) is 19.6 Å². The Kier molecular flexibility index (Phi) is 3.03. The molecule has 1 saturated heterocycles. The molecule has 1 aromatic heterocycles. The second kappa shape index (κ2) is 4.29. The summed E-state index contributed by atoms with van der Waals surface area (Å²) in [7, 11) is 0. The van der Waals surface area contributed by atoms with Gasteiger partial charge in [-0.3, -0.25) is 4.98 Å². The summed E-state index contributed by atoms with van der Waals surface area (Å²) in [6.07, 6.45) is 5.59. The van der Waals surface area contributed by atoms with Gasteiger partial charge < -0.3 is 10.0 Å². The van der Waals surface area contributed by atoms with Crippen LogP contribution < -0.4 is 0 Å². The van der Waals surface area contributed by atoms with Crippen molar-refractivity contribution in [1.29, 1.82) is 0 Å². The molecule has 15 heavy (non-hydrogen) atoms. The number of hydrogen-bond acceptors (Lipinski definition) is 3. The van der Waals surface area contributed by atoms with Crippen molar-refractivity contribution in [3.63, 3.8) is 0 Å². The van der Waals surface area contributed by atoms with Gasteiger partial charge >= 0.3 is 0 Å². The number of hydrogen-bond donors (Lipinski definition) is 1. The van der Waals surface area contributed by atoms with E-state index in [1.54, 1.807) is 0 Å². The third kappa shape index (κ3) is 3.01. The molecule has 0 bridgehead atoms. The fraction of sp³-hybridized carbons (Fsp3) is 0.583. The van der Waals surface area contributed by atoms with Gasteiger partial charge in [0, 0.05) is 32.0 Å². The molecule has 0 aromatic carbocycles. The molecule has 0 radical (unpaired) electrons. The van der Waals surface area contributed by atoms with Crippen LogP contribution in [0, 0.1) is 0 Å². The van der Waals surface area contributed by atoms with Crippen LogP contribution in [-0.2, 0) is 6.42 Å². The predicted octanol–water partition coefficient (Wildman–Crippen LogP) is 1.08. The predicted molar refractivity (Wildman–Crippen MR) is 59.6 cm³/mol. The minimum absolute atomic E-state index is 0.474. The first kappa shape index (κ1) is 10.6. The smallest absolute Gasteiger partial charge is 0.0758 e. The minimum atomic E-state index is -0.474. The van der Waals surface area contributed by atoms with Crippen molar-refractivity contribution in [2.24, 2.45) is 0 Å². The van der Waals surface area contributed by atoms with E-state index >= 15 is 0 Å². The van der Waals surface area contributed by atoms with E-state index in [9.17, 15) is 5.11 Å². The highest BCUT2D eigenvalue weighted by molar-refractivity contribution is 5.10. The number of nitrogens with zero attached hydrogens (tertiary/aromatic N) is 2. The Bertz CT molecular complexity index is 311. The minimum Gasteiger partial charge on any atom is -0.389 e. The number of rotatable bonds is 3. The average Bonchev–Trinajstić information content (AvgIpc) is 2.57. The van der Waals surface area contributed by atoms with Gasteiger partial charge in [-0.1, -0.05) is 0 Å². The summed E-state index contributed by atoms with van der Waals surface area (Å²) in [6, 6.07) is 4.10. The van der Waals surface area contributed by atoms with Gasteiger partial charge in [-0.15, -0.1) is 0 Å². The molecule has 1 aromatic rings. The molecular weight excluding hydrogens is 188 g/mol. The first-order chi connectivity index (χ1) is 7.16. The van der Waals surface area contributed by atoms with E-state index < -0.39 is 5.60 Å². The van der Waals surface area contributed by atoms with Crippen molar-refractivity contribution in [1.82, 2.24) is 9.88 Å². The lowest BCUT2D eigenvalue weighted by Crippen LogP contribution is -2.30. The Hall–Kier alpha value is -0.930. The van der Waals surface area contributed by atoms with Gasteiger partial charge in [0.25, 0.3) is 0 Å². The molecule has 82 valence electrons. The number of aliphatic hydroxyl groups is 1. The molecule has 3 heteroatoms. The Morgan fingerprint density at radius 1 is 1.47 bits per heavy atom. The summed E-state index contributed by atoms with van der Waals surface area (Å²) in [5.74, 6) is 0. The van der Waals surface area contributed by atoms with Crippen molar-refractivity contribution in [3.05, 3.63) is 30.1 Å². The molecule has 3 nitrogen and oxygen atoms in total. The largest absolute Gasteiger partial charge is 0.389 e. The van der Waals surface area contributed by atoms with E-state index in [0.29, 0.717) is 0 Å². The molecule has 0 saturated carbocycles. The highest BCUT2D eigenvalue weighted by Gasteiger charge is 2.30. The molecule has 0 aliphatic carbocycles. The van der Waals surface area contributed by atoms with Gasteiger partial charge in [-0.25, -0.2) is 0 Å². The Morgan fingerprint density at radius 3 is 2.80 bits per heavy atom. The lowest BCUT2D eigenvalue weighted by atomic mass is 10.1. The maximum Gasteiger partial charge on any atom is 0.0758 e. The van der Waals surface area contributed by atoms with Crippen LogP contribution in [0.15, 0.2) is 24.5 Å². The van der Waals surface area contributed by atoms with Gasteiger partial charge in [-0.05, 0) is 37.5 Å². The zero-order valence-electron chi connectivity index (χ0n) is 9.19. The van der Waals surface area contributed by atoms with Crippen LogP contribution in [0.3, 0.4) is 0 Å². The second-order valence-electron chi connectivity index (χ2n) is 4.63. The normalized spacial score (nSPS) is 27.1. The number of aromatic nitrogens is 1. The van der Waals surface area contributed by atoms with Gasteiger partial charge in [0.2, 0.25) is 0 Å². The second-order valence-corrected chi connectivity index (χ2v) is 4.63. The molecule has 0 spiro atoms. The molecular formula is C12H18N2O. The van der Waals surface area contributed by atoms with E-state index in [4.69, 9.17) is 0 Å². The van der Waals surface area contributed by atoms with E-state index in [-0.39, 0.29) is 0 Å².